The highest BCUT2D eigenvalue weighted by Crippen LogP contribution is 2.12. The van der Waals surface area contributed by atoms with Crippen molar-refractivity contribution in [1.29, 1.82) is 0 Å². The molecule has 0 amide bonds. The topological polar surface area (TPSA) is 57.0 Å². The highest BCUT2D eigenvalue weighted by Gasteiger charge is 2.11. The third kappa shape index (κ3) is 2.50. The molecule has 0 saturated carbocycles. The monoisotopic (exact) mass is 231 g/mol. The third-order valence-electron chi connectivity index (χ3n) is 2.40. The van der Waals surface area contributed by atoms with Gasteiger partial charge < -0.3 is 4.74 Å². The lowest BCUT2D eigenvalue weighted by atomic mass is 10.3. The van der Waals surface area contributed by atoms with Crippen molar-refractivity contribution in [2.45, 2.75) is 20.1 Å². The fourth-order valence-electron chi connectivity index (χ4n) is 1.51. The first-order valence-corrected chi connectivity index (χ1v) is 5.40. The molecule has 0 aliphatic heterocycles. The zero-order valence-electron chi connectivity index (χ0n) is 9.54. The van der Waals surface area contributed by atoms with Crippen LogP contribution in [0.3, 0.4) is 0 Å². The third-order valence-corrected chi connectivity index (χ3v) is 2.40. The van der Waals surface area contributed by atoms with Crippen molar-refractivity contribution in [1.82, 2.24) is 15.0 Å². The summed E-state index contributed by atoms with van der Waals surface area (Å²) in [6, 6.07) is 9.43. The molecule has 0 saturated heterocycles. The maximum atomic E-state index is 10.8. The van der Waals surface area contributed by atoms with E-state index in [9.17, 15) is 4.79 Å². The Hall–Kier alpha value is -2.17. The van der Waals surface area contributed by atoms with Crippen molar-refractivity contribution in [3.05, 3.63) is 41.7 Å². The molecule has 0 bridgehead atoms. The number of carbonyl (C=O) groups is 1. The second-order valence-corrected chi connectivity index (χ2v) is 3.46. The molecule has 0 aliphatic carbocycles. The molecule has 0 aliphatic rings. The van der Waals surface area contributed by atoms with Gasteiger partial charge in [-0.2, -0.15) is 0 Å². The van der Waals surface area contributed by atoms with Crippen molar-refractivity contribution >= 4 is 6.29 Å². The van der Waals surface area contributed by atoms with Gasteiger partial charge in [0.1, 0.15) is 18.1 Å². The Kier molecular flexibility index (Phi) is 3.49. The van der Waals surface area contributed by atoms with Gasteiger partial charge in [-0.25, -0.2) is 4.68 Å². The standard InChI is InChI=1S/C12H13N3O2/c1-2-15-12(11(8-16)13-14-15)9-17-10-6-4-3-5-7-10/h3-8H,2,9H2,1H3. The van der Waals surface area contributed by atoms with E-state index >= 15 is 0 Å². The first-order valence-electron chi connectivity index (χ1n) is 5.40. The van der Waals surface area contributed by atoms with Gasteiger partial charge in [-0.05, 0) is 19.1 Å². The van der Waals surface area contributed by atoms with Gasteiger partial charge in [-0.1, -0.05) is 23.4 Å². The zero-order chi connectivity index (χ0) is 12.1. The molecule has 1 aromatic carbocycles. The summed E-state index contributed by atoms with van der Waals surface area (Å²) in [5, 5.41) is 7.66. The molecule has 2 rings (SSSR count). The van der Waals surface area contributed by atoms with E-state index in [1.807, 2.05) is 37.3 Å². The van der Waals surface area contributed by atoms with Crippen LogP contribution in [0.2, 0.25) is 0 Å². The highest BCUT2D eigenvalue weighted by atomic mass is 16.5. The molecular formula is C12H13N3O2. The van der Waals surface area contributed by atoms with Gasteiger partial charge in [0.25, 0.3) is 0 Å². The first-order chi connectivity index (χ1) is 8.35. The Morgan fingerprint density at radius 3 is 2.76 bits per heavy atom. The summed E-state index contributed by atoms with van der Waals surface area (Å²) in [6.45, 7) is 2.89. The van der Waals surface area contributed by atoms with Gasteiger partial charge in [0.15, 0.2) is 12.0 Å². The van der Waals surface area contributed by atoms with Gasteiger partial charge in [-0.15, -0.1) is 5.10 Å². The maximum absolute atomic E-state index is 10.8. The number of nitrogens with zero attached hydrogens (tertiary/aromatic N) is 3. The molecule has 2 aromatic rings. The van der Waals surface area contributed by atoms with Crippen LogP contribution < -0.4 is 4.74 Å². The van der Waals surface area contributed by atoms with Crippen molar-refractivity contribution < 1.29 is 9.53 Å². The number of aromatic nitrogens is 3. The maximum Gasteiger partial charge on any atom is 0.172 e. The molecule has 1 aromatic heterocycles. The fraction of sp³-hybridized carbons (Fsp3) is 0.250. The van der Waals surface area contributed by atoms with Gasteiger partial charge in [0.05, 0.1) is 0 Å². The highest BCUT2D eigenvalue weighted by molar-refractivity contribution is 5.73. The summed E-state index contributed by atoms with van der Waals surface area (Å²) in [6.07, 6.45) is 0.697. The molecule has 0 unspecified atom stereocenters. The SMILES string of the molecule is CCn1nnc(C=O)c1COc1ccccc1. The number of benzene rings is 1. The summed E-state index contributed by atoms with van der Waals surface area (Å²) in [4.78, 5) is 10.8. The quantitative estimate of drug-likeness (QED) is 0.735. The van der Waals surface area contributed by atoms with Crippen molar-refractivity contribution in [3.8, 4) is 5.75 Å². The second kappa shape index (κ2) is 5.25. The number of hydrogen-bond acceptors (Lipinski definition) is 4. The lowest BCUT2D eigenvalue weighted by molar-refractivity contribution is 0.111. The van der Waals surface area contributed by atoms with Gasteiger partial charge in [0.2, 0.25) is 0 Å². The van der Waals surface area contributed by atoms with Gasteiger partial charge in [-0.3, -0.25) is 4.79 Å². The average Bonchev–Trinajstić information content (AvgIpc) is 2.79. The molecule has 5 heteroatoms. The van der Waals surface area contributed by atoms with E-state index < -0.39 is 0 Å². The summed E-state index contributed by atoms with van der Waals surface area (Å²) < 4.78 is 7.24. The van der Waals surface area contributed by atoms with E-state index in [0.717, 1.165) is 5.75 Å². The minimum absolute atomic E-state index is 0.291. The van der Waals surface area contributed by atoms with Crippen LogP contribution in [0, 0.1) is 0 Å². The molecule has 5 nitrogen and oxygen atoms in total. The van der Waals surface area contributed by atoms with E-state index in [1.54, 1.807) is 4.68 Å². The molecule has 88 valence electrons. The number of rotatable bonds is 5. The number of aryl methyl sites for hydroxylation is 1. The fourth-order valence-corrected chi connectivity index (χ4v) is 1.51. The number of aldehydes is 1. The van der Waals surface area contributed by atoms with E-state index in [0.29, 0.717) is 30.8 Å². The molecular weight excluding hydrogens is 218 g/mol. The lowest BCUT2D eigenvalue weighted by Gasteiger charge is -2.07. The summed E-state index contributed by atoms with van der Waals surface area (Å²) >= 11 is 0. The minimum Gasteiger partial charge on any atom is -0.487 e. The Labute approximate surface area is 99.0 Å². The van der Waals surface area contributed by atoms with Crippen LogP contribution >= 0.6 is 0 Å². The molecule has 1 heterocycles. The summed E-state index contributed by atoms with van der Waals surface area (Å²) in [7, 11) is 0. The normalized spacial score (nSPS) is 10.2. The van der Waals surface area contributed by atoms with Crippen LogP contribution in [0.4, 0.5) is 0 Å². The Balaban J connectivity index is 2.13. The molecule has 17 heavy (non-hydrogen) atoms. The molecule has 0 atom stereocenters. The van der Waals surface area contributed by atoms with E-state index in [2.05, 4.69) is 10.3 Å². The van der Waals surface area contributed by atoms with Crippen LogP contribution in [0.5, 0.6) is 5.75 Å². The number of hydrogen-bond donors (Lipinski definition) is 0. The van der Waals surface area contributed by atoms with Crippen LogP contribution in [0.15, 0.2) is 30.3 Å². The summed E-state index contributed by atoms with van der Waals surface area (Å²) in [5.74, 6) is 0.758. The Bertz CT molecular complexity index is 494. The van der Waals surface area contributed by atoms with Crippen molar-refractivity contribution in [2.24, 2.45) is 0 Å². The zero-order valence-corrected chi connectivity index (χ0v) is 9.54. The van der Waals surface area contributed by atoms with Crippen LogP contribution in [-0.2, 0) is 13.2 Å². The minimum atomic E-state index is 0.291. The Morgan fingerprint density at radius 2 is 2.12 bits per heavy atom. The molecule has 0 spiro atoms. The predicted octanol–water partition coefficient (Wildman–Crippen LogP) is 1.69. The van der Waals surface area contributed by atoms with Gasteiger partial charge >= 0.3 is 0 Å². The van der Waals surface area contributed by atoms with Crippen LogP contribution in [0.25, 0.3) is 0 Å². The van der Waals surface area contributed by atoms with Gasteiger partial charge in [0, 0.05) is 6.54 Å². The Morgan fingerprint density at radius 1 is 1.35 bits per heavy atom. The number of carbonyl (C=O) groups excluding carboxylic acids is 1. The predicted molar refractivity (Wildman–Crippen MR) is 61.9 cm³/mol. The number of para-hydroxylation sites is 1. The first kappa shape index (κ1) is 11.3. The van der Waals surface area contributed by atoms with Crippen LogP contribution in [0.1, 0.15) is 23.1 Å². The van der Waals surface area contributed by atoms with E-state index in [-0.39, 0.29) is 0 Å². The largest absolute Gasteiger partial charge is 0.487 e. The van der Waals surface area contributed by atoms with E-state index in [4.69, 9.17) is 4.74 Å². The summed E-state index contributed by atoms with van der Waals surface area (Å²) in [5.41, 5.74) is 1.04. The second-order valence-electron chi connectivity index (χ2n) is 3.46. The number of ether oxygens (including phenoxy) is 1. The van der Waals surface area contributed by atoms with Crippen molar-refractivity contribution in [2.75, 3.05) is 0 Å². The molecule has 0 radical (unpaired) electrons. The average molecular weight is 231 g/mol. The van der Waals surface area contributed by atoms with Crippen LogP contribution in [-0.4, -0.2) is 21.3 Å². The van der Waals surface area contributed by atoms with E-state index in [1.165, 1.54) is 0 Å². The molecule has 0 fully saturated rings. The smallest absolute Gasteiger partial charge is 0.172 e. The molecule has 0 N–H and O–H groups in total. The van der Waals surface area contributed by atoms with Crippen molar-refractivity contribution in [3.63, 3.8) is 0 Å². The lowest BCUT2D eigenvalue weighted by Crippen LogP contribution is -2.07.